The Morgan fingerprint density at radius 3 is 2.25 bits per heavy atom. The quantitative estimate of drug-likeness (QED) is 0.740. The molecule has 1 aromatic rings. The van der Waals surface area contributed by atoms with E-state index >= 15 is 0 Å². The van der Waals surface area contributed by atoms with Crippen molar-refractivity contribution in [3.05, 3.63) is 29.3 Å². The van der Waals surface area contributed by atoms with Gasteiger partial charge < -0.3 is 15.5 Å². The Hall–Kier alpha value is -2.51. The predicted octanol–water partition coefficient (Wildman–Crippen LogP) is 1.86. The van der Waals surface area contributed by atoms with Gasteiger partial charge in [-0.3, -0.25) is 9.59 Å². The number of anilines is 1. The van der Waals surface area contributed by atoms with Crippen molar-refractivity contribution in [3.63, 3.8) is 0 Å². The largest absolute Gasteiger partial charge is 0.481 e. The molecule has 20 heavy (non-hydrogen) atoms. The molecule has 3 N–H and O–H groups in total. The van der Waals surface area contributed by atoms with Crippen molar-refractivity contribution in [2.45, 2.75) is 19.3 Å². The van der Waals surface area contributed by atoms with Crippen molar-refractivity contribution < 1.29 is 33.4 Å². The fourth-order valence-electron chi connectivity index (χ4n) is 1.42. The summed E-state index contributed by atoms with van der Waals surface area (Å²) < 4.78 is 26.5. The number of carbonyl (C=O) groups is 3. The summed E-state index contributed by atoms with van der Waals surface area (Å²) in [6.07, 6.45) is -0.346. The van der Waals surface area contributed by atoms with Crippen molar-refractivity contribution in [3.8, 4) is 0 Å². The number of carboxylic acids is 2. The SMILES string of the molecule is O=C(O)CCCC(=O)Nc1cc(C(=O)O)c(F)cc1F. The van der Waals surface area contributed by atoms with Gasteiger partial charge in [0.1, 0.15) is 11.6 Å². The first-order valence-electron chi connectivity index (χ1n) is 5.55. The molecule has 0 unspecified atom stereocenters. The second-order valence-corrected chi connectivity index (χ2v) is 3.91. The van der Waals surface area contributed by atoms with Gasteiger partial charge >= 0.3 is 11.9 Å². The van der Waals surface area contributed by atoms with Crippen LogP contribution in [0.2, 0.25) is 0 Å². The maximum atomic E-state index is 13.4. The van der Waals surface area contributed by atoms with Gasteiger partial charge in [-0.2, -0.15) is 0 Å². The van der Waals surface area contributed by atoms with Crippen molar-refractivity contribution >= 4 is 23.5 Å². The third-order valence-electron chi connectivity index (χ3n) is 2.36. The molecule has 1 aromatic carbocycles. The first kappa shape index (κ1) is 15.5. The summed E-state index contributed by atoms with van der Waals surface area (Å²) in [5.74, 6) is -5.71. The van der Waals surface area contributed by atoms with Gasteiger partial charge in [0.05, 0.1) is 11.3 Å². The molecule has 1 amide bonds. The van der Waals surface area contributed by atoms with Crippen molar-refractivity contribution in [2.75, 3.05) is 5.32 Å². The highest BCUT2D eigenvalue weighted by Gasteiger charge is 2.16. The van der Waals surface area contributed by atoms with Crippen molar-refractivity contribution in [1.82, 2.24) is 0 Å². The molecule has 0 fully saturated rings. The van der Waals surface area contributed by atoms with Gasteiger partial charge in [0.2, 0.25) is 5.91 Å². The highest BCUT2D eigenvalue weighted by molar-refractivity contribution is 5.94. The highest BCUT2D eigenvalue weighted by atomic mass is 19.1. The van der Waals surface area contributed by atoms with Crippen LogP contribution in [0.15, 0.2) is 12.1 Å². The number of hydrogen-bond donors (Lipinski definition) is 3. The number of amides is 1. The Morgan fingerprint density at radius 2 is 1.70 bits per heavy atom. The van der Waals surface area contributed by atoms with Crippen molar-refractivity contribution in [1.29, 1.82) is 0 Å². The number of nitrogens with one attached hydrogen (secondary N) is 1. The van der Waals surface area contributed by atoms with Gasteiger partial charge in [0.15, 0.2) is 0 Å². The van der Waals surface area contributed by atoms with Crippen LogP contribution in [0.25, 0.3) is 0 Å². The zero-order valence-corrected chi connectivity index (χ0v) is 10.2. The number of hydrogen-bond acceptors (Lipinski definition) is 3. The molecule has 108 valence electrons. The van der Waals surface area contributed by atoms with E-state index in [9.17, 15) is 23.2 Å². The van der Waals surface area contributed by atoms with Gasteiger partial charge in [-0.25, -0.2) is 13.6 Å². The molecule has 0 saturated heterocycles. The monoisotopic (exact) mass is 287 g/mol. The van der Waals surface area contributed by atoms with E-state index in [2.05, 4.69) is 5.32 Å². The lowest BCUT2D eigenvalue weighted by Crippen LogP contribution is -2.14. The Bertz CT molecular complexity index is 559. The van der Waals surface area contributed by atoms with E-state index in [1.807, 2.05) is 0 Å². The van der Waals surface area contributed by atoms with Crippen LogP contribution >= 0.6 is 0 Å². The third-order valence-corrected chi connectivity index (χ3v) is 2.36. The molecule has 0 radical (unpaired) electrons. The van der Waals surface area contributed by atoms with Crippen LogP contribution in [-0.4, -0.2) is 28.1 Å². The maximum absolute atomic E-state index is 13.4. The molecule has 0 aromatic heterocycles. The van der Waals surface area contributed by atoms with E-state index in [1.54, 1.807) is 0 Å². The van der Waals surface area contributed by atoms with Crippen LogP contribution in [0.1, 0.15) is 29.6 Å². The Labute approximate surface area is 112 Å². The zero-order valence-electron chi connectivity index (χ0n) is 10.2. The van der Waals surface area contributed by atoms with Gasteiger partial charge in [0.25, 0.3) is 0 Å². The van der Waals surface area contributed by atoms with Crippen LogP contribution in [-0.2, 0) is 9.59 Å². The smallest absolute Gasteiger partial charge is 0.338 e. The summed E-state index contributed by atoms with van der Waals surface area (Å²) in [6, 6.07) is 1.03. The van der Waals surface area contributed by atoms with Crippen LogP contribution < -0.4 is 5.32 Å². The second kappa shape index (κ2) is 6.60. The molecule has 0 aliphatic heterocycles. The molecule has 1 rings (SSSR count). The standard InChI is InChI=1S/C12H11F2NO5/c13-7-5-8(14)9(4-6(7)12(19)20)15-10(16)2-1-3-11(17)18/h4-5H,1-3H2,(H,15,16)(H,17,18)(H,19,20). The summed E-state index contributed by atoms with van der Waals surface area (Å²) in [5.41, 5.74) is -1.24. The van der Waals surface area contributed by atoms with Gasteiger partial charge in [0, 0.05) is 18.9 Å². The lowest BCUT2D eigenvalue weighted by Gasteiger charge is -2.08. The maximum Gasteiger partial charge on any atom is 0.338 e. The van der Waals surface area contributed by atoms with Gasteiger partial charge in [-0.05, 0) is 12.5 Å². The minimum atomic E-state index is -1.59. The normalized spacial score (nSPS) is 10.1. The Kier molecular flexibility index (Phi) is 5.13. The molecular weight excluding hydrogens is 276 g/mol. The average molecular weight is 287 g/mol. The summed E-state index contributed by atoms with van der Waals surface area (Å²) in [6.45, 7) is 0. The molecule has 6 nitrogen and oxygen atoms in total. The first-order chi connectivity index (χ1) is 9.31. The van der Waals surface area contributed by atoms with E-state index in [4.69, 9.17) is 10.2 Å². The number of rotatable bonds is 6. The fourth-order valence-corrected chi connectivity index (χ4v) is 1.42. The van der Waals surface area contributed by atoms with E-state index in [1.165, 1.54) is 0 Å². The number of aromatic carboxylic acids is 1. The lowest BCUT2D eigenvalue weighted by atomic mass is 10.1. The molecular formula is C12H11F2NO5. The highest BCUT2D eigenvalue weighted by Crippen LogP contribution is 2.20. The topological polar surface area (TPSA) is 104 Å². The molecule has 0 aliphatic carbocycles. The number of carboxylic acid groups (broad SMARTS) is 2. The minimum Gasteiger partial charge on any atom is -0.481 e. The molecule has 0 saturated carbocycles. The molecule has 0 bridgehead atoms. The van der Waals surface area contributed by atoms with E-state index in [0.29, 0.717) is 12.1 Å². The minimum absolute atomic E-state index is 0.0514. The summed E-state index contributed by atoms with van der Waals surface area (Å²) >= 11 is 0. The molecule has 0 aliphatic rings. The van der Waals surface area contributed by atoms with Crippen LogP contribution in [0.4, 0.5) is 14.5 Å². The van der Waals surface area contributed by atoms with Crippen LogP contribution in [0, 0.1) is 11.6 Å². The summed E-state index contributed by atoms with van der Waals surface area (Å²) in [5, 5.41) is 19.1. The third kappa shape index (κ3) is 4.30. The zero-order chi connectivity index (χ0) is 15.3. The second-order valence-electron chi connectivity index (χ2n) is 3.91. The Balaban J connectivity index is 2.76. The van der Waals surface area contributed by atoms with E-state index in [-0.39, 0.29) is 19.3 Å². The predicted molar refractivity (Wildman–Crippen MR) is 63.4 cm³/mol. The molecule has 0 spiro atoms. The summed E-state index contributed by atoms with van der Waals surface area (Å²) in [4.78, 5) is 32.3. The van der Waals surface area contributed by atoms with Crippen LogP contribution in [0.5, 0.6) is 0 Å². The fraction of sp³-hybridized carbons (Fsp3) is 0.250. The van der Waals surface area contributed by atoms with Crippen LogP contribution in [0.3, 0.4) is 0 Å². The summed E-state index contributed by atoms with van der Waals surface area (Å²) in [7, 11) is 0. The van der Waals surface area contributed by atoms with E-state index < -0.39 is 40.7 Å². The number of halogens is 2. The van der Waals surface area contributed by atoms with E-state index in [0.717, 1.165) is 0 Å². The van der Waals surface area contributed by atoms with Gasteiger partial charge in [-0.1, -0.05) is 0 Å². The number of carbonyl (C=O) groups excluding carboxylic acids is 1. The van der Waals surface area contributed by atoms with Gasteiger partial charge in [-0.15, -0.1) is 0 Å². The van der Waals surface area contributed by atoms with Crippen molar-refractivity contribution in [2.24, 2.45) is 0 Å². The average Bonchev–Trinajstić information content (AvgIpc) is 2.31. The lowest BCUT2D eigenvalue weighted by molar-refractivity contribution is -0.137. The number of aliphatic carboxylic acids is 1. The molecule has 8 heteroatoms. The molecule has 0 atom stereocenters. The Morgan fingerprint density at radius 1 is 1.05 bits per heavy atom. The number of benzene rings is 1. The first-order valence-corrected chi connectivity index (χ1v) is 5.55. The molecule has 0 heterocycles.